The summed E-state index contributed by atoms with van der Waals surface area (Å²) in [6.45, 7) is -8.11. The fourth-order valence-corrected chi connectivity index (χ4v) is 11.2. The Morgan fingerprint density at radius 3 is 0.865 bits per heavy atom. The Labute approximate surface area is 502 Å². The summed E-state index contributed by atoms with van der Waals surface area (Å²) in [5, 5.41) is 269. The summed E-state index contributed by atoms with van der Waals surface area (Å²) < 4.78 is 86.0. The number of rotatable bonds is 22. The standard InChI is InChI=1S/C48H83NO40/c49-17-25(63)36(14(6-55)77-41(17)74)85-45-35(73)37(24(62)16(83-45)8-76-47-39(30(68)22(60)13(5-54)82-47)88-43-33(71)27(65)19(57)10(2-51)79-43)86-48-40(89-44-34(72)28(66)20(58)11(3-52)80-44)31(69)23(61)15(84-48)7-75-46-38(29(67)21(59)12(4-53)81-46)87-42-32(70)26(64)18(56)9(1-50)78-42/h9-48,50-74H,1-8,49H2/t9-,10-,11-,12-,13-,14-,15-,16-,17-,18+,19-,20+,21+,22-,23+,24-,25-,26+,27+,28+,29+,30+,31+,32-,33+,34-,35+,36-,37+,38-,39+,40-,41?,42-,43-,44-,45-,46+,47+,48-/m1/s1. The first-order valence-electron chi connectivity index (χ1n) is 28.2. The van der Waals surface area contributed by atoms with Crippen LogP contribution in [0.15, 0.2) is 0 Å². The molecule has 8 aliphatic heterocycles. The molecule has 0 bridgehead atoms. The van der Waals surface area contributed by atoms with Crippen molar-refractivity contribution >= 4 is 0 Å². The molecule has 520 valence electrons. The molecule has 0 aromatic rings. The van der Waals surface area contributed by atoms with Gasteiger partial charge in [0, 0.05) is 0 Å². The highest BCUT2D eigenvalue weighted by atomic mass is 16.8. The third-order valence-corrected chi connectivity index (χ3v) is 16.7. The third-order valence-electron chi connectivity index (χ3n) is 16.7. The van der Waals surface area contributed by atoms with Crippen LogP contribution in [0.1, 0.15) is 0 Å². The van der Waals surface area contributed by atoms with E-state index in [1.165, 1.54) is 0 Å². The smallest absolute Gasteiger partial charge is 0.187 e. The number of hydrogen-bond acceptors (Lipinski definition) is 41. The molecule has 0 amide bonds. The van der Waals surface area contributed by atoms with Crippen molar-refractivity contribution in [3.8, 4) is 0 Å². The monoisotopic (exact) mass is 1310 g/mol. The van der Waals surface area contributed by atoms with Crippen molar-refractivity contribution in [2.24, 2.45) is 5.73 Å². The molecule has 0 spiro atoms. The van der Waals surface area contributed by atoms with Crippen molar-refractivity contribution in [1.82, 2.24) is 0 Å². The van der Waals surface area contributed by atoms with E-state index in [1.54, 1.807) is 0 Å². The normalized spacial score (nSPS) is 53.6. The summed E-state index contributed by atoms with van der Waals surface area (Å²) in [5.74, 6) is 0. The Balaban J connectivity index is 1.11. The quantitative estimate of drug-likeness (QED) is 0.0479. The van der Waals surface area contributed by atoms with Crippen LogP contribution in [0.2, 0.25) is 0 Å². The first-order valence-corrected chi connectivity index (χ1v) is 28.2. The first-order chi connectivity index (χ1) is 42.2. The van der Waals surface area contributed by atoms with E-state index in [1.807, 2.05) is 0 Å². The highest BCUT2D eigenvalue weighted by molar-refractivity contribution is 5.01. The lowest BCUT2D eigenvalue weighted by Gasteiger charge is -2.50. The van der Waals surface area contributed by atoms with Gasteiger partial charge < -0.3 is 204 Å². The van der Waals surface area contributed by atoms with Crippen molar-refractivity contribution in [1.29, 1.82) is 0 Å². The van der Waals surface area contributed by atoms with Crippen LogP contribution >= 0.6 is 0 Å². The molecule has 89 heavy (non-hydrogen) atoms. The Kier molecular flexibility index (Phi) is 25.9. The molecule has 8 saturated heterocycles. The zero-order valence-corrected chi connectivity index (χ0v) is 46.6. The van der Waals surface area contributed by atoms with E-state index in [0.717, 1.165) is 0 Å². The fraction of sp³-hybridized carbons (Fsp3) is 1.00. The average Bonchev–Trinajstić information content (AvgIpc) is 3.09. The lowest BCUT2D eigenvalue weighted by molar-refractivity contribution is -0.402. The number of ether oxygens (including phenoxy) is 15. The van der Waals surface area contributed by atoms with Crippen LogP contribution in [0.5, 0.6) is 0 Å². The molecule has 8 aliphatic rings. The lowest BCUT2D eigenvalue weighted by atomic mass is 9.95. The summed E-state index contributed by atoms with van der Waals surface area (Å²) in [6.07, 6.45) is -79.7. The Morgan fingerprint density at radius 2 is 0.494 bits per heavy atom. The highest BCUT2D eigenvalue weighted by Crippen LogP contribution is 2.38. The molecule has 0 aromatic carbocycles. The van der Waals surface area contributed by atoms with E-state index in [4.69, 9.17) is 76.8 Å². The molecule has 0 aliphatic carbocycles. The van der Waals surface area contributed by atoms with Gasteiger partial charge in [0.2, 0.25) is 0 Å². The predicted octanol–water partition coefficient (Wildman–Crippen LogP) is -18.5. The lowest BCUT2D eigenvalue weighted by Crippen LogP contribution is -2.69. The molecule has 8 fully saturated rings. The Bertz CT molecular complexity index is 2140. The zero-order valence-electron chi connectivity index (χ0n) is 46.6. The van der Waals surface area contributed by atoms with Gasteiger partial charge in [-0.2, -0.15) is 0 Å². The summed E-state index contributed by atoms with van der Waals surface area (Å²) in [5.41, 5.74) is 5.94. The van der Waals surface area contributed by atoms with Gasteiger partial charge in [0.1, 0.15) is 189 Å². The molecule has 1 unspecified atom stereocenters. The van der Waals surface area contributed by atoms with Crippen molar-refractivity contribution in [3.05, 3.63) is 0 Å². The van der Waals surface area contributed by atoms with Gasteiger partial charge >= 0.3 is 0 Å². The van der Waals surface area contributed by atoms with Crippen molar-refractivity contribution in [3.63, 3.8) is 0 Å². The maximum atomic E-state index is 12.3. The first kappa shape index (κ1) is 73.2. The number of aliphatic hydroxyl groups excluding tert-OH is 25. The van der Waals surface area contributed by atoms with Crippen LogP contribution in [0.25, 0.3) is 0 Å². The van der Waals surface area contributed by atoms with Crippen LogP contribution < -0.4 is 5.73 Å². The minimum absolute atomic E-state index is 0.940. The minimum atomic E-state index is -2.44. The van der Waals surface area contributed by atoms with Gasteiger partial charge in [-0.3, -0.25) is 0 Å². The van der Waals surface area contributed by atoms with Crippen molar-refractivity contribution < 1.29 is 199 Å². The summed E-state index contributed by atoms with van der Waals surface area (Å²) in [7, 11) is 0. The van der Waals surface area contributed by atoms with E-state index >= 15 is 0 Å². The van der Waals surface area contributed by atoms with Gasteiger partial charge in [-0.25, -0.2) is 0 Å². The molecule has 27 N–H and O–H groups in total. The molecule has 40 atom stereocenters. The zero-order chi connectivity index (χ0) is 65.4. The second kappa shape index (κ2) is 31.5. The van der Waals surface area contributed by atoms with Crippen LogP contribution in [0, 0.1) is 0 Å². The maximum absolute atomic E-state index is 12.3. The van der Waals surface area contributed by atoms with Crippen LogP contribution in [0.4, 0.5) is 0 Å². The van der Waals surface area contributed by atoms with E-state index in [0.29, 0.717) is 0 Å². The molecular weight excluding hydrogens is 1230 g/mol. The Morgan fingerprint density at radius 1 is 0.225 bits per heavy atom. The van der Waals surface area contributed by atoms with Gasteiger partial charge in [0.25, 0.3) is 0 Å². The summed E-state index contributed by atoms with van der Waals surface area (Å²) in [4.78, 5) is 0. The second-order valence-electron chi connectivity index (χ2n) is 22.5. The average molecular weight is 1310 g/mol. The fourth-order valence-electron chi connectivity index (χ4n) is 11.2. The molecule has 8 rings (SSSR count). The van der Waals surface area contributed by atoms with Crippen LogP contribution in [-0.4, -0.2) is 426 Å². The largest absolute Gasteiger partial charge is 0.394 e. The van der Waals surface area contributed by atoms with E-state index in [9.17, 15) is 128 Å². The second-order valence-corrected chi connectivity index (χ2v) is 22.5. The maximum Gasteiger partial charge on any atom is 0.187 e. The molecule has 8 heterocycles. The molecule has 41 heteroatoms. The van der Waals surface area contributed by atoms with Gasteiger partial charge in [-0.05, 0) is 0 Å². The molecular formula is C48H83NO40. The summed E-state index contributed by atoms with van der Waals surface area (Å²) >= 11 is 0. The van der Waals surface area contributed by atoms with Crippen LogP contribution in [-0.2, 0) is 71.1 Å². The summed E-state index contributed by atoms with van der Waals surface area (Å²) in [6, 6.07) is -1.68. The number of nitrogens with two attached hydrogens (primary N) is 1. The minimum Gasteiger partial charge on any atom is -0.394 e. The van der Waals surface area contributed by atoms with Gasteiger partial charge in [-0.15, -0.1) is 0 Å². The van der Waals surface area contributed by atoms with Crippen molar-refractivity contribution in [2.45, 2.75) is 246 Å². The van der Waals surface area contributed by atoms with E-state index in [-0.39, 0.29) is 0 Å². The molecule has 0 radical (unpaired) electrons. The number of hydrogen-bond donors (Lipinski definition) is 26. The van der Waals surface area contributed by atoms with Gasteiger partial charge in [0.05, 0.1) is 58.9 Å². The molecule has 0 saturated carbocycles. The van der Waals surface area contributed by atoms with Crippen molar-refractivity contribution in [2.75, 3.05) is 52.9 Å². The van der Waals surface area contributed by atoms with E-state index in [2.05, 4.69) is 0 Å². The van der Waals surface area contributed by atoms with E-state index < -0.39 is 298 Å². The predicted molar refractivity (Wildman–Crippen MR) is 266 cm³/mol. The highest BCUT2D eigenvalue weighted by Gasteiger charge is 2.59. The topological polar surface area (TPSA) is 670 Å². The number of aliphatic hydroxyl groups is 25. The van der Waals surface area contributed by atoms with Gasteiger partial charge in [0.15, 0.2) is 50.3 Å². The molecule has 41 nitrogen and oxygen atoms in total. The molecule has 0 aromatic heterocycles. The third kappa shape index (κ3) is 15.3. The van der Waals surface area contributed by atoms with Gasteiger partial charge in [-0.1, -0.05) is 0 Å². The Hall–Kier alpha value is -1.64. The SMILES string of the molecule is N[C@H]1C(O)O[C@H](CO)[C@@H](O[C@H]2O[C@H](CO[C@H]3O[C@H](CO)[C@@H](O)[C@H](O)[C@@H]3O[C@H]3O[C@H](CO)[C@@H](O)[C@H](O)[C@@H]3O)[C@@H](O)[C@H](O[C@H]3O[C@H](CO[C@H]4O[C@H](CO)[C@H](O)[C@H](O)[C@H]4O[C@H]4O[C@H](CO)[C@H](O)[C@H](O)[C@H]4O)[C@H](O)[C@H](O)[C@H]3O[C@H]3O[C@H](CO)[C@H](O)[C@H](O)[C@H]3O)[C@@H]2O)[C@@H]1O. The van der Waals surface area contributed by atoms with Crippen LogP contribution in [0.3, 0.4) is 0 Å².